The Balaban J connectivity index is 2.07. The lowest BCUT2D eigenvalue weighted by Gasteiger charge is -2.25. The van der Waals surface area contributed by atoms with Crippen molar-refractivity contribution in [2.24, 2.45) is 0 Å². The van der Waals surface area contributed by atoms with Gasteiger partial charge < -0.3 is 9.47 Å². The molecule has 1 aliphatic heterocycles. The van der Waals surface area contributed by atoms with Crippen molar-refractivity contribution < 1.29 is 31.7 Å². The molecule has 9 heteroatoms. The first-order valence-electron chi connectivity index (χ1n) is 7.65. The van der Waals surface area contributed by atoms with Crippen molar-refractivity contribution in [3.05, 3.63) is 29.8 Å². The van der Waals surface area contributed by atoms with Gasteiger partial charge >= 0.3 is 12.2 Å². The molecule has 1 heterocycles. The van der Waals surface area contributed by atoms with Crippen molar-refractivity contribution in [1.82, 2.24) is 4.90 Å². The van der Waals surface area contributed by atoms with Crippen LogP contribution in [0.25, 0.3) is 0 Å². The first-order valence-corrected chi connectivity index (χ1v) is 9.05. The maximum Gasteiger partial charge on any atom is 0.420 e. The number of carbonyl (C=O) groups excluding carboxylic acids is 2. The van der Waals surface area contributed by atoms with Crippen LogP contribution in [0.2, 0.25) is 0 Å². The monoisotopic (exact) mass is 371 g/mol. The zero-order chi connectivity index (χ0) is 18.8. The van der Waals surface area contributed by atoms with E-state index in [-0.39, 0.29) is 11.5 Å². The number of rotatable bonds is 4. The second kappa shape index (κ2) is 7.01. The lowest BCUT2D eigenvalue weighted by atomic mass is 10.2. The average molecular weight is 371 g/mol. The maximum atomic E-state index is 12.2. The summed E-state index contributed by atoms with van der Waals surface area (Å²) >= 11 is 0. The lowest BCUT2D eigenvalue weighted by molar-refractivity contribution is 0.0264. The number of amides is 2. The normalized spacial score (nSPS) is 18.2. The van der Waals surface area contributed by atoms with Gasteiger partial charge in [-0.15, -0.1) is 0 Å². The molecule has 0 N–H and O–H groups in total. The van der Waals surface area contributed by atoms with E-state index in [0.29, 0.717) is 0 Å². The maximum absolute atomic E-state index is 12.2. The highest BCUT2D eigenvalue weighted by molar-refractivity contribution is 7.86. The van der Waals surface area contributed by atoms with Crippen LogP contribution in [0.5, 0.6) is 0 Å². The Morgan fingerprint density at radius 2 is 1.88 bits per heavy atom. The van der Waals surface area contributed by atoms with Crippen LogP contribution in [0.3, 0.4) is 0 Å². The number of hydrogen-bond donors (Lipinski definition) is 0. The van der Waals surface area contributed by atoms with Crippen LogP contribution < -0.4 is 0 Å². The molecule has 1 aliphatic rings. The molecule has 138 valence electrons. The van der Waals surface area contributed by atoms with Crippen LogP contribution in [-0.2, 0) is 23.8 Å². The molecule has 1 fully saturated rings. The van der Waals surface area contributed by atoms with Gasteiger partial charge in [-0.25, -0.2) is 14.5 Å². The number of hydrogen-bond acceptors (Lipinski definition) is 7. The first kappa shape index (κ1) is 19.2. The number of carbonyl (C=O) groups is 2. The van der Waals surface area contributed by atoms with Crippen molar-refractivity contribution in [2.75, 3.05) is 13.2 Å². The fraction of sp³-hybridized carbons (Fsp3) is 0.500. The average Bonchev–Trinajstić information content (AvgIpc) is 2.85. The van der Waals surface area contributed by atoms with E-state index >= 15 is 0 Å². The van der Waals surface area contributed by atoms with Gasteiger partial charge in [0.15, 0.2) is 0 Å². The summed E-state index contributed by atoms with van der Waals surface area (Å²) < 4.78 is 39.3. The van der Waals surface area contributed by atoms with Crippen molar-refractivity contribution in [1.29, 1.82) is 0 Å². The molecule has 0 saturated carbocycles. The summed E-state index contributed by atoms with van der Waals surface area (Å²) in [6.07, 6.45) is -1.80. The van der Waals surface area contributed by atoms with E-state index in [1.165, 1.54) is 12.1 Å². The predicted molar refractivity (Wildman–Crippen MR) is 87.5 cm³/mol. The standard InChI is InChI=1S/C16H21NO7S/c1-11-5-7-13(8-6-11)25(20,21)23-10-12-9-22-14(18)17(12)15(19)24-16(2,3)4/h5-8,12H,9-10H2,1-4H3. The highest BCUT2D eigenvalue weighted by Gasteiger charge is 2.41. The first-order chi connectivity index (χ1) is 11.5. The molecule has 1 atom stereocenters. The number of aryl methyl sites for hydroxylation is 1. The molecule has 1 aromatic rings. The smallest absolute Gasteiger partial charge is 0.420 e. The van der Waals surface area contributed by atoms with Crippen LogP contribution in [0, 0.1) is 6.92 Å². The van der Waals surface area contributed by atoms with Gasteiger partial charge in [-0.3, -0.25) is 4.18 Å². The van der Waals surface area contributed by atoms with E-state index in [9.17, 15) is 18.0 Å². The van der Waals surface area contributed by atoms with Gasteiger partial charge in [-0.1, -0.05) is 17.7 Å². The molecular formula is C16H21NO7S. The topological polar surface area (TPSA) is 99.2 Å². The highest BCUT2D eigenvalue weighted by atomic mass is 32.2. The molecule has 1 unspecified atom stereocenters. The van der Waals surface area contributed by atoms with Gasteiger partial charge in [0.1, 0.15) is 18.2 Å². The molecular weight excluding hydrogens is 350 g/mol. The minimum atomic E-state index is -4.01. The Morgan fingerprint density at radius 3 is 2.44 bits per heavy atom. The van der Waals surface area contributed by atoms with E-state index < -0.39 is 40.6 Å². The van der Waals surface area contributed by atoms with Gasteiger partial charge in [0.05, 0.1) is 11.5 Å². The molecule has 8 nitrogen and oxygen atoms in total. The van der Waals surface area contributed by atoms with Crippen LogP contribution in [-0.4, -0.2) is 50.4 Å². The van der Waals surface area contributed by atoms with E-state index in [1.807, 2.05) is 6.92 Å². The van der Waals surface area contributed by atoms with Gasteiger partial charge in [-0.05, 0) is 39.8 Å². The van der Waals surface area contributed by atoms with E-state index in [0.717, 1.165) is 10.5 Å². The Hall–Kier alpha value is -2.13. The number of imide groups is 1. The third-order valence-corrected chi connectivity index (χ3v) is 4.57. The summed E-state index contributed by atoms with van der Waals surface area (Å²) in [5, 5.41) is 0. The second-order valence-electron chi connectivity index (χ2n) is 6.63. The molecule has 1 aromatic carbocycles. The minimum Gasteiger partial charge on any atom is -0.447 e. The summed E-state index contributed by atoms with van der Waals surface area (Å²) in [5.74, 6) is 0. The molecule has 0 spiro atoms. The Bertz CT molecular complexity index is 750. The zero-order valence-corrected chi connectivity index (χ0v) is 15.3. The third kappa shape index (κ3) is 4.93. The number of cyclic esters (lactones) is 1. The Labute approximate surface area is 146 Å². The van der Waals surface area contributed by atoms with Gasteiger partial charge in [0.2, 0.25) is 0 Å². The SMILES string of the molecule is Cc1ccc(S(=O)(=O)OCC2COC(=O)N2C(=O)OC(C)(C)C)cc1. The van der Waals surface area contributed by atoms with Gasteiger partial charge in [-0.2, -0.15) is 8.42 Å². The van der Waals surface area contributed by atoms with Gasteiger partial charge in [0.25, 0.3) is 10.1 Å². The summed E-state index contributed by atoms with van der Waals surface area (Å²) in [7, 11) is -4.01. The molecule has 0 radical (unpaired) electrons. The second-order valence-corrected chi connectivity index (χ2v) is 8.25. The summed E-state index contributed by atoms with van der Waals surface area (Å²) in [4.78, 5) is 24.6. The predicted octanol–water partition coefficient (Wildman–Crippen LogP) is 2.46. The number of ether oxygens (including phenoxy) is 2. The molecule has 0 aliphatic carbocycles. The Morgan fingerprint density at radius 1 is 1.28 bits per heavy atom. The van der Waals surface area contributed by atoms with Gasteiger partial charge in [0, 0.05) is 0 Å². The summed E-state index contributed by atoms with van der Waals surface area (Å²) in [5.41, 5.74) is 0.101. The molecule has 25 heavy (non-hydrogen) atoms. The summed E-state index contributed by atoms with van der Waals surface area (Å²) in [6.45, 7) is 6.21. The van der Waals surface area contributed by atoms with Crippen LogP contribution in [0.15, 0.2) is 29.2 Å². The zero-order valence-electron chi connectivity index (χ0n) is 14.5. The largest absolute Gasteiger partial charge is 0.447 e. The molecule has 0 aromatic heterocycles. The summed E-state index contributed by atoms with van der Waals surface area (Å²) in [6, 6.07) is 5.25. The van der Waals surface area contributed by atoms with Crippen molar-refractivity contribution in [2.45, 2.75) is 44.2 Å². The van der Waals surface area contributed by atoms with Crippen LogP contribution in [0.1, 0.15) is 26.3 Å². The van der Waals surface area contributed by atoms with Crippen molar-refractivity contribution in [3.8, 4) is 0 Å². The number of benzene rings is 1. The molecule has 1 saturated heterocycles. The molecule has 2 rings (SSSR count). The van der Waals surface area contributed by atoms with E-state index in [1.54, 1.807) is 32.9 Å². The molecule has 0 bridgehead atoms. The Kier molecular flexibility index (Phi) is 5.38. The van der Waals surface area contributed by atoms with Crippen LogP contribution >= 0.6 is 0 Å². The lowest BCUT2D eigenvalue weighted by Crippen LogP contribution is -2.44. The minimum absolute atomic E-state index is 0.00726. The third-order valence-electron chi connectivity index (χ3n) is 3.28. The highest BCUT2D eigenvalue weighted by Crippen LogP contribution is 2.20. The van der Waals surface area contributed by atoms with E-state index in [4.69, 9.17) is 13.7 Å². The van der Waals surface area contributed by atoms with E-state index in [2.05, 4.69) is 0 Å². The molecule has 2 amide bonds. The fourth-order valence-corrected chi connectivity index (χ4v) is 3.00. The van der Waals surface area contributed by atoms with Crippen molar-refractivity contribution >= 4 is 22.3 Å². The van der Waals surface area contributed by atoms with Crippen LogP contribution in [0.4, 0.5) is 9.59 Å². The fourth-order valence-electron chi connectivity index (χ4n) is 2.06. The quantitative estimate of drug-likeness (QED) is 0.750. The number of nitrogens with zero attached hydrogens (tertiary/aromatic N) is 1. The van der Waals surface area contributed by atoms with Crippen molar-refractivity contribution in [3.63, 3.8) is 0 Å².